The minimum Gasteiger partial charge on any atom is -0.314 e. The van der Waals surface area contributed by atoms with Gasteiger partial charge >= 0.3 is 5.69 Å². The van der Waals surface area contributed by atoms with E-state index in [4.69, 9.17) is 0 Å². The third kappa shape index (κ3) is 4.49. The SMILES string of the molecule is Cn1c(=O)n(C2CCC(=O)NC2=O)c2cccc(CN3CCC(CN4CCNCC4)CC3)c21. The van der Waals surface area contributed by atoms with Crippen molar-refractivity contribution < 1.29 is 9.59 Å². The lowest BCUT2D eigenvalue weighted by Gasteiger charge is -2.36. The molecule has 3 fully saturated rings. The highest BCUT2D eigenvalue weighted by atomic mass is 16.2. The Morgan fingerprint density at radius 2 is 1.73 bits per heavy atom. The van der Waals surface area contributed by atoms with Crippen LogP contribution in [0, 0.1) is 5.92 Å². The maximum absolute atomic E-state index is 13.1. The van der Waals surface area contributed by atoms with E-state index >= 15 is 0 Å². The summed E-state index contributed by atoms with van der Waals surface area (Å²) in [5, 5.41) is 5.80. The average molecular weight is 455 g/mol. The molecule has 3 aliphatic rings. The molecule has 3 aliphatic heterocycles. The predicted octanol–water partition coefficient (Wildman–Crippen LogP) is 0.435. The number of aryl methyl sites for hydroxylation is 1. The summed E-state index contributed by atoms with van der Waals surface area (Å²) >= 11 is 0. The Labute approximate surface area is 193 Å². The maximum atomic E-state index is 13.1. The van der Waals surface area contributed by atoms with E-state index in [2.05, 4.69) is 26.5 Å². The number of carbonyl (C=O) groups is 2. The van der Waals surface area contributed by atoms with Crippen LogP contribution >= 0.6 is 0 Å². The Balaban J connectivity index is 1.31. The lowest BCUT2D eigenvalue weighted by Crippen LogP contribution is -2.46. The minimum absolute atomic E-state index is 0.207. The van der Waals surface area contributed by atoms with E-state index in [0.717, 1.165) is 68.3 Å². The standard InChI is InChI=1S/C24H34N6O3/c1-27-22-18(16-28-11-7-17(8-12-28)15-29-13-9-25-10-14-29)3-2-4-19(22)30(24(27)33)20-5-6-21(31)26-23(20)32/h2-4,17,20,25H,5-16H2,1H3,(H,26,31,32). The number of aromatic nitrogens is 2. The first-order valence-electron chi connectivity index (χ1n) is 12.2. The van der Waals surface area contributed by atoms with Crippen LogP contribution in [0.5, 0.6) is 0 Å². The molecule has 33 heavy (non-hydrogen) atoms. The summed E-state index contributed by atoms with van der Waals surface area (Å²) in [5.41, 5.74) is 2.55. The number of piperazine rings is 1. The number of hydrogen-bond acceptors (Lipinski definition) is 6. The smallest absolute Gasteiger partial charge is 0.314 e. The van der Waals surface area contributed by atoms with Crippen LogP contribution in [0.15, 0.2) is 23.0 Å². The van der Waals surface area contributed by atoms with Crippen molar-refractivity contribution >= 4 is 22.8 Å². The molecule has 9 heteroatoms. The van der Waals surface area contributed by atoms with Crippen LogP contribution in [-0.4, -0.2) is 76.6 Å². The topological polar surface area (TPSA) is 91.6 Å². The van der Waals surface area contributed by atoms with Crippen LogP contribution in [0.4, 0.5) is 0 Å². The number of nitrogens with one attached hydrogen (secondary N) is 2. The summed E-state index contributed by atoms with van der Waals surface area (Å²) in [6.45, 7) is 8.63. The van der Waals surface area contributed by atoms with Gasteiger partial charge in [0.05, 0.1) is 11.0 Å². The molecule has 0 radical (unpaired) electrons. The third-order valence-corrected chi connectivity index (χ3v) is 7.54. The number of imide groups is 1. The second kappa shape index (κ2) is 9.40. The molecule has 0 spiro atoms. The minimum atomic E-state index is -0.644. The van der Waals surface area contributed by atoms with Crippen LogP contribution < -0.4 is 16.3 Å². The van der Waals surface area contributed by atoms with Crippen molar-refractivity contribution in [2.24, 2.45) is 13.0 Å². The van der Waals surface area contributed by atoms with E-state index in [1.54, 1.807) is 16.2 Å². The van der Waals surface area contributed by atoms with Gasteiger partial charge in [-0.25, -0.2) is 4.79 Å². The zero-order valence-electron chi connectivity index (χ0n) is 19.4. The van der Waals surface area contributed by atoms with Gasteiger partial charge in [0.15, 0.2) is 0 Å². The van der Waals surface area contributed by atoms with Gasteiger partial charge in [0, 0.05) is 52.7 Å². The van der Waals surface area contributed by atoms with Gasteiger partial charge in [-0.3, -0.25) is 28.9 Å². The van der Waals surface area contributed by atoms with Gasteiger partial charge in [-0.2, -0.15) is 0 Å². The Hall–Kier alpha value is -2.49. The molecule has 1 aromatic carbocycles. The molecular weight excluding hydrogens is 420 g/mol. The molecule has 1 atom stereocenters. The second-order valence-corrected chi connectivity index (χ2v) is 9.73. The molecule has 2 N–H and O–H groups in total. The molecule has 1 aromatic heterocycles. The number of hydrogen-bond donors (Lipinski definition) is 2. The summed E-state index contributed by atoms with van der Waals surface area (Å²) in [5.74, 6) is 0.0940. The lowest BCUT2D eigenvalue weighted by atomic mass is 9.95. The van der Waals surface area contributed by atoms with Crippen LogP contribution in [0.3, 0.4) is 0 Å². The summed E-state index contributed by atoms with van der Waals surface area (Å²) in [6, 6.07) is 5.32. The van der Waals surface area contributed by atoms with Crippen molar-refractivity contribution in [2.45, 2.75) is 38.3 Å². The van der Waals surface area contributed by atoms with Gasteiger partial charge in [-0.05, 0) is 49.9 Å². The number of imidazole rings is 1. The summed E-state index contributed by atoms with van der Waals surface area (Å²) in [7, 11) is 1.77. The van der Waals surface area contributed by atoms with Gasteiger partial charge < -0.3 is 10.2 Å². The number of benzene rings is 1. The van der Waals surface area contributed by atoms with Crippen molar-refractivity contribution in [3.8, 4) is 0 Å². The Kier molecular flexibility index (Phi) is 6.36. The lowest BCUT2D eigenvalue weighted by molar-refractivity contribution is -0.135. The van der Waals surface area contributed by atoms with E-state index in [1.807, 2.05) is 12.1 Å². The van der Waals surface area contributed by atoms with Gasteiger partial charge in [0.1, 0.15) is 6.04 Å². The zero-order valence-corrected chi connectivity index (χ0v) is 19.4. The Morgan fingerprint density at radius 1 is 0.970 bits per heavy atom. The summed E-state index contributed by atoms with van der Waals surface area (Å²) in [4.78, 5) is 42.2. The maximum Gasteiger partial charge on any atom is 0.329 e. The van der Waals surface area contributed by atoms with Crippen molar-refractivity contribution in [2.75, 3.05) is 45.8 Å². The highest BCUT2D eigenvalue weighted by Gasteiger charge is 2.32. The van der Waals surface area contributed by atoms with Gasteiger partial charge in [0.2, 0.25) is 11.8 Å². The Morgan fingerprint density at radius 3 is 2.45 bits per heavy atom. The normalized spacial score (nSPS) is 23.8. The van der Waals surface area contributed by atoms with E-state index < -0.39 is 11.9 Å². The van der Waals surface area contributed by atoms with E-state index in [-0.39, 0.29) is 18.0 Å². The number of rotatable bonds is 5. The molecule has 178 valence electrons. The fourth-order valence-corrected chi connectivity index (χ4v) is 5.70. The highest BCUT2D eigenvalue weighted by molar-refractivity contribution is 6.00. The average Bonchev–Trinajstić information content (AvgIpc) is 3.07. The molecule has 2 aromatic rings. The van der Waals surface area contributed by atoms with E-state index in [0.29, 0.717) is 6.42 Å². The number of nitrogens with zero attached hydrogens (tertiary/aromatic N) is 4. The summed E-state index contributed by atoms with van der Waals surface area (Å²) < 4.78 is 3.23. The first kappa shape index (κ1) is 22.3. The molecule has 1 unspecified atom stereocenters. The van der Waals surface area contributed by atoms with E-state index in [9.17, 15) is 14.4 Å². The number of fused-ring (bicyclic) bond motifs is 1. The number of carbonyl (C=O) groups excluding carboxylic acids is 2. The molecule has 4 heterocycles. The molecule has 0 bridgehead atoms. The first-order valence-corrected chi connectivity index (χ1v) is 12.2. The molecule has 0 saturated carbocycles. The Bertz CT molecular complexity index is 1090. The molecule has 0 aliphatic carbocycles. The second-order valence-electron chi connectivity index (χ2n) is 9.73. The zero-order chi connectivity index (χ0) is 22.9. The molecule has 3 saturated heterocycles. The van der Waals surface area contributed by atoms with Gasteiger partial charge in [0.25, 0.3) is 0 Å². The van der Waals surface area contributed by atoms with Gasteiger partial charge in [-0.15, -0.1) is 0 Å². The fourth-order valence-electron chi connectivity index (χ4n) is 5.70. The quantitative estimate of drug-likeness (QED) is 0.637. The van der Waals surface area contributed by atoms with Crippen LogP contribution in [0.25, 0.3) is 11.0 Å². The molecule has 5 rings (SSSR count). The van der Waals surface area contributed by atoms with Crippen molar-refractivity contribution in [1.29, 1.82) is 0 Å². The van der Waals surface area contributed by atoms with Crippen molar-refractivity contribution in [3.63, 3.8) is 0 Å². The third-order valence-electron chi connectivity index (χ3n) is 7.54. The monoisotopic (exact) mass is 454 g/mol. The highest BCUT2D eigenvalue weighted by Crippen LogP contribution is 2.27. The van der Waals surface area contributed by atoms with Crippen LogP contribution in [-0.2, 0) is 23.2 Å². The fraction of sp³-hybridized carbons (Fsp3) is 0.625. The first-order chi connectivity index (χ1) is 16.0. The molecular formula is C24H34N6O3. The van der Waals surface area contributed by atoms with Crippen LogP contribution in [0.2, 0.25) is 0 Å². The van der Waals surface area contributed by atoms with Crippen LogP contribution in [0.1, 0.15) is 37.3 Å². The number of likely N-dealkylation sites (tertiary alicyclic amines) is 1. The van der Waals surface area contributed by atoms with E-state index in [1.165, 1.54) is 19.4 Å². The van der Waals surface area contributed by atoms with Crippen molar-refractivity contribution in [3.05, 3.63) is 34.2 Å². The number of para-hydroxylation sites is 1. The number of amides is 2. The van der Waals surface area contributed by atoms with Crippen molar-refractivity contribution in [1.82, 2.24) is 29.6 Å². The predicted molar refractivity (Wildman–Crippen MR) is 126 cm³/mol. The molecule has 9 nitrogen and oxygen atoms in total. The summed E-state index contributed by atoms with van der Waals surface area (Å²) in [6.07, 6.45) is 3.02. The van der Waals surface area contributed by atoms with Gasteiger partial charge in [-0.1, -0.05) is 12.1 Å². The largest absolute Gasteiger partial charge is 0.329 e. The molecule has 2 amide bonds. The number of piperidine rings is 2.